The Kier molecular flexibility index (Phi) is 3.42. The summed E-state index contributed by atoms with van der Waals surface area (Å²) in [6, 6.07) is 3.72. The largest absolute Gasteiger partial charge is 0.273 e. The van der Waals surface area contributed by atoms with Crippen LogP contribution in [0.1, 0.15) is 23.2 Å². The molecule has 0 saturated heterocycles. The lowest BCUT2D eigenvalue weighted by molar-refractivity contribution is -0.123. The zero-order chi connectivity index (χ0) is 12.4. The third-order valence-electron chi connectivity index (χ3n) is 2.42. The SMILES string of the molecule is O=C(NNC(=O)C1CC1)c1ccc(F)cc1Br. The van der Waals surface area contributed by atoms with Gasteiger partial charge < -0.3 is 0 Å². The van der Waals surface area contributed by atoms with Crippen molar-refractivity contribution in [3.63, 3.8) is 0 Å². The van der Waals surface area contributed by atoms with Crippen molar-refractivity contribution in [2.24, 2.45) is 5.92 Å². The van der Waals surface area contributed by atoms with Crippen molar-refractivity contribution < 1.29 is 14.0 Å². The molecular formula is C11H10BrFN2O2. The predicted molar refractivity (Wildman–Crippen MR) is 62.4 cm³/mol. The fourth-order valence-electron chi connectivity index (χ4n) is 1.31. The van der Waals surface area contributed by atoms with Gasteiger partial charge in [0.05, 0.1) is 5.56 Å². The Hall–Kier alpha value is -1.43. The Morgan fingerprint density at radius 2 is 2.00 bits per heavy atom. The minimum absolute atomic E-state index is 0.0203. The summed E-state index contributed by atoms with van der Waals surface area (Å²) in [5.41, 5.74) is 4.89. The highest BCUT2D eigenvalue weighted by molar-refractivity contribution is 9.10. The standard InChI is InChI=1S/C11H10BrFN2O2/c12-9-5-7(13)3-4-8(9)11(17)15-14-10(16)6-1-2-6/h3-6H,1-2H2,(H,14,16)(H,15,17). The molecule has 0 bridgehead atoms. The number of carbonyl (C=O) groups is 2. The predicted octanol–water partition coefficient (Wildman–Crippen LogP) is 1.76. The van der Waals surface area contributed by atoms with Crippen molar-refractivity contribution in [3.05, 3.63) is 34.1 Å². The number of hydrazine groups is 1. The molecule has 1 fully saturated rings. The molecule has 4 nitrogen and oxygen atoms in total. The van der Waals surface area contributed by atoms with Crippen LogP contribution < -0.4 is 10.9 Å². The van der Waals surface area contributed by atoms with E-state index in [1.807, 2.05) is 0 Å². The van der Waals surface area contributed by atoms with E-state index in [9.17, 15) is 14.0 Å². The summed E-state index contributed by atoms with van der Waals surface area (Å²) in [5, 5.41) is 0. The fourth-order valence-corrected chi connectivity index (χ4v) is 1.84. The van der Waals surface area contributed by atoms with Crippen molar-refractivity contribution in [2.45, 2.75) is 12.8 Å². The molecule has 1 aliphatic carbocycles. The molecule has 0 radical (unpaired) electrons. The van der Waals surface area contributed by atoms with Crippen LogP contribution in [0.2, 0.25) is 0 Å². The first-order chi connectivity index (χ1) is 8.08. The summed E-state index contributed by atoms with van der Waals surface area (Å²) >= 11 is 3.08. The number of hydrogen-bond acceptors (Lipinski definition) is 2. The average Bonchev–Trinajstić information content (AvgIpc) is 3.09. The second kappa shape index (κ2) is 4.83. The summed E-state index contributed by atoms with van der Waals surface area (Å²) in [7, 11) is 0. The number of rotatable bonds is 2. The Bertz CT molecular complexity index is 475. The normalized spacial score (nSPS) is 14.2. The molecule has 2 N–H and O–H groups in total. The van der Waals surface area contributed by atoms with Gasteiger partial charge in [-0.2, -0.15) is 0 Å². The van der Waals surface area contributed by atoms with Gasteiger partial charge in [0.1, 0.15) is 5.82 Å². The first kappa shape index (κ1) is 12.0. The highest BCUT2D eigenvalue weighted by Crippen LogP contribution is 2.28. The van der Waals surface area contributed by atoms with Gasteiger partial charge in [-0.1, -0.05) is 0 Å². The van der Waals surface area contributed by atoms with E-state index in [0.29, 0.717) is 4.47 Å². The van der Waals surface area contributed by atoms with E-state index in [-0.39, 0.29) is 17.4 Å². The van der Waals surface area contributed by atoms with Crippen LogP contribution in [-0.2, 0) is 4.79 Å². The molecule has 0 unspecified atom stereocenters. The lowest BCUT2D eigenvalue weighted by Crippen LogP contribution is -2.42. The van der Waals surface area contributed by atoms with Gasteiger partial charge in [-0.3, -0.25) is 20.4 Å². The van der Waals surface area contributed by atoms with Crippen molar-refractivity contribution in [2.75, 3.05) is 0 Å². The highest BCUT2D eigenvalue weighted by atomic mass is 79.9. The van der Waals surface area contributed by atoms with Crippen LogP contribution in [0.25, 0.3) is 0 Å². The van der Waals surface area contributed by atoms with E-state index in [1.54, 1.807) is 0 Å². The van der Waals surface area contributed by atoms with Crippen LogP contribution in [0.4, 0.5) is 4.39 Å². The van der Waals surface area contributed by atoms with Crippen LogP contribution in [0, 0.1) is 11.7 Å². The number of carbonyl (C=O) groups excluding carboxylic acids is 2. The Morgan fingerprint density at radius 1 is 1.29 bits per heavy atom. The quantitative estimate of drug-likeness (QED) is 0.818. The number of benzene rings is 1. The van der Waals surface area contributed by atoms with Crippen molar-refractivity contribution >= 4 is 27.7 Å². The van der Waals surface area contributed by atoms with E-state index in [4.69, 9.17) is 0 Å². The fraction of sp³-hybridized carbons (Fsp3) is 0.273. The van der Waals surface area contributed by atoms with Gasteiger partial charge in [0.25, 0.3) is 5.91 Å². The van der Waals surface area contributed by atoms with Gasteiger partial charge in [0.15, 0.2) is 0 Å². The van der Waals surface area contributed by atoms with Crippen molar-refractivity contribution in [1.29, 1.82) is 0 Å². The third kappa shape index (κ3) is 3.03. The van der Waals surface area contributed by atoms with Gasteiger partial charge in [-0.25, -0.2) is 4.39 Å². The van der Waals surface area contributed by atoms with Crippen LogP contribution in [0.5, 0.6) is 0 Å². The van der Waals surface area contributed by atoms with Crippen molar-refractivity contribution in [1.82, 2.24) is 10.9 Å². The topological polar surface area (TPSA) is 58.2 Å². The van der Waals surface area contributed by atoms with Crippen LogP contribution >= 0.6 is 15.9 Å². The first-order valence-corrected chi connectivity index (χ1v) is 5.92. The highest BCUT2D eigenvalue weighted by Gasteiger charge is 2.29. The summed E-state index contributed by atoms with van der Waals surface area (Å²) in [6.07, 6.45) is 1.73. The van der Waals surface area contributed by atoms with Crippen LogP contribution in [0.15, 0.2) is 22.7 Å². The zero-order valence-corrected chi connectivity index (χ0v) is 10.4. The third-order valence-corrected chi connectivity index (χ3v) is 3.08. The second-order valence-corrected chi connectivity index (χ2v) is 4.70. The molecule has 0 heterocycles. The number of amides is 2. The van der Waals surface area contributed by atoms with Gasteiger partial charge in [0.2, 0.25) is 5.91 Å². The number of halogens is 2. The number of hydrogen-bond donors (Lipinski definition) is 2. The lowest BCUT2D eigenvalue weighted by atomic mass is 10.2. The lowest BCUT2D eigenvalue weighted by Gasteiger charge is -2.07. The van der Waals surface area contributed by atoms with Gasteiger partial charge in [-0.05, 0) is 47.0 Å². The Morgan fingerprint density at radius 3 is 2.59 bits per heavy atom. The smallest absolute Gasteiger partial charge is 0.270 e. The molecule has 2 rings (SSSR count). The molecule has 1 saturated carbocycles. The molecule has 6 heteroatoms. The van der Waals surface area contributed by atoms with Crippen LogP contribution in [0.3, 0.4) is 0 Å². The average molecular weight is 301 g/mol. The molecule has 0 aliphatic heterocycles. The molecule has 0 atom stereocenters. The molecule has 2 amide bonds. The van der Waals surface area contributed by atoms with E-state index in [2.05, 4.69) is 26.8 Å². The zero-order valence-electron chi connectivity index (χ0n) is 8.80. The molecule has 1 aromatic carbocycles. The molecule has 1 aromatic rings. The summed E-state index contributed by atoms with van der Waals surface area (Å²) in [4.78, 5) is 22.9. The number of nitrogens with one attached hydrogen (secondary N) is 2. The second-order valence-electron chi connectivity index (χ2n) is 3.84. The van der Waals surface area contributed by atoms with Gasteiger partial charge >= 0.3 is 0 Å². The van der Waals surface area contributed by atoms with Crippen LogP contribution in [-0.4, -0.2) is 11.8 Å². The summed E-state index contributed by atoms with van der Waals surface area (Å²) in [5.74, 6) is -1.08. The maximum atomic E-state index is 12.8. The van der Waals surface area contributed by atoms with E-state index in [0.717, 1.165) is 12.8 Å². The Balaban J connectivity index is 1.96. The molecule has 0 spiro atoms. The van der Waals surface area contributed by atoms with E-state index < -0.39 is 11.7 Å². The van der Waals surface area contributed by atoms with Crippen molar-refractivity contribution in [3.8, 4) is 0 Å². The summed E-state index contributed by atoms with van der Waals surface area (Å²) in [6.45, 7) is 0. The van der Waals surface area contributed by atoms with Gasteiger partial charge in [0, 0.05) is 10.4 Å². The molecule has 17 heavy (non-hydrogen) atoms. The van der Waals surface area contributed by atoms with E-state index >= 15 is 0 Å². The molecule has 1 aliphatic rings. The minimum atomic E-state index is -0.481. The molecular weight excluding hydrogens is 291 g/mol. The minimum Gasteiger partial charge on any atom is -0.273 e. The molecule has 0 aromatic heterocycles. The van der Waals surface area contributed by atoms with E-state index in [1.165, 1.54) is 18.2 Å². The molecule has 90 valence electrons. The maximum Gasteiger partial charge on any atom is 0.270 e. The monoisotopic (exact) mass is 300 g/mol. The first-order valence-electron chi connectivity index (χ1n) is 5.13. The Labute approximate surface area is 106 Å². The summed E-state index contributed by atoms with van der Waals surface area (Å²) < 4.78 is 13.2. The van der Waals surface area contributed by atoms with Gasteiger partial charge in [-0.15, -0.1) is 0 Å². The maximum absolute atomic E-state index is 12.8.